The molecule has 0 aromatic carbocycles. The van der Waals surface area contributed by atoms with Crippen LogP contribution in [-0.4, -0.2) is 26.5 Å². The summed E-state index contributed by atoms with van der Waals surface area (Å²) in [6, 6.07) is 0. The van der Waals surface area contributed by atoms with Crippen molar-refractivity contribution in [2.45, 2.75) is 38.5 Å². The molecule has 0 aliphatic rings. The molecule has 0 atom stereocenters. The minimum Gasteiger partial charge on any atom is -0.359 e. The molecule has 0 aliphatic carbocycles. The average molecular weight is 186 g/mol. The lowest BCUT2D eigenvalue weighted by Gasteiger charge is -2.01. The van der Waals surface area contributed by atoms with E-state index in [1.165, 1.54) is 32.1 Å². The molecule has 0 spiro atoms. The molecule has 0 bridgehead atoms. The highest BCUT2D eigenvalue weighted by Crippen LogP contribution is 2.03. The lowest BCUT2D eigenvalue weighted by atomic mass is 10.1. The summed E-state index contributed by atoms with van der Waals surface area (Å²) in [6.45, 7) is 1.96. The fraction of sp³-hybridized carbons (Fsp3) is 0.900. The number of rotatable bonds is 10. The third-order valence-electron chi connectivity index (χ3n) is 2.08. The van der Waals surface area contributed by atoms with Gasteiger partial charge in [-0.3, -0.25) is 4.79 Å². The molecule has 13 heavy (non-hydrogen) atoms. The van der Waals surface area contributed by atoms with Crippen molar-refractivity contribution in [3.63, 3.8) is 0 Å². The summed E-state index contributed by atoms with van der Waals surface area (Å²) >= 11 is 0. The van der Waals surface area contributed by atoms with Gasteiger partial charge in [-0.2, -0.15) is 0 Å². The molecule has 3 nitrogen and oxygen atoms in total. The van der Waals surface area contributed by atoms with E-state index in [0.717, 1.165) is 25.9 Å². The van der Waals surface area contributed by atoms with Crippen LogP contribution in [0.25, 0.3) is 0 Å². The Morgan fingerprint density at radius 1 is 0.923 bits per heavy atom. The van der Waals surface area contributed by atoms with Crippen molar-refractivity contribution in [1.82, 2.24) is 10.6 Å². The smallest absolute Gasteiger partial charge is 0.207 e. The van der Waals surface area contributed by atoms with Crippen LogP contribution in [-0.2, 0) is 4.79 Å². The normalized spacial score (nSPS) is 9.92. The number of hydrogen-bond donors (Lipinski definition) is 2. The summed E-state index contributed by atoms with van der Waals surface area (Å²) in [5.74, 6) is 0. The molecule has 0 aliphatic heterocycles. The van der Waals surface area contributed by atoms with Gasteiger partial charge in [0.15, 0.2) is 0 Å². The molecule has 2 N–H and O–H groups in total. The van der Waals surface area contributed by atoms with Crippen molar-refractivity contribution in [1.29, 1.82) is 0 Å². The molecule has 0 fully saturated rings. The molecule has 0 heterocycles. The Hall–Kier alpha value is -0.570. The fourth-order valence-electron chi connectivity index (χ4n) is 1.29. The average Bonchev–Trinajstić information content (AvgIpc) is 2.16. The molecule has 0 aromatic rings. The monoisotopic (exact) mass is 186 g/mol. The van der Waals surface area contributed by atoms with Gasteiger partial charge in [0.25, 0.3) is 0 Å². The molecule has 0 rings (SSSR count). The maximum atomic E-state index is 9.89. The van der Waals surface area contributed by atoms with E-state index in [-0.39, 0.29) is 0 Å². The van der Waals surface area contributed by atoms with Gasteiger partial charge in [-0.25, -0.2) is 0 Å². The largest absolute Gasteiger partial charge is 0.359 e. The summed E-state index contributed by atoms with van der Waals surface area (Å²) in [7, 11) is 1.99. The van der Waals surface area contributed by atoms with Gasteiger partial charge in [-0.05, 0) is 26.4 Å². The van der Waals surface area contributed by atoms with Crippen LogP contribution in [0.4, 0.5) is 0 Å². The number of carbonyl (C=O) groups is 1. The first-order chi connectivity index (χ1) is 6.41. The quantitative estimate of drug-likeness (QED) is 0.399. The Morgan fingerprint density at radius 3 is 2.00 bits per heavy atom. The van der Waals surface area contributed by atoms with Gasteiger partial charge < -0.3 is 10.6 Å². The highest BCUT2D eigenvalue weighted by molar-refractivity contribution is 5.45. The van der Waals surface area contributed by atoms with E-state index in [0.29, 0.717) is 0 Å². The highest BCUT2D eigenvalue weighted by atomic mass is 16.1. The molecule has 0 saturated carbocycles. The lowest BCUT2D eigenvalue weighted by Crippen LogP contribution is -2.11. The predicted octanol–water partition coefficient (Wildman–Crippen LogP) is 1.29. The second-order valence-electron chi connectivity index (χ2n) is 3.30. The summed E-state index contributed by atoms with van der Waals surface area (Å²) in [5, 5.41) is 5.81. The zero-order valence-electron chi connectivity index (χ0n) is 8.64. The van der Waals surface area contributed by atoms with Gasteiger partial charge in [0.1, 0.15) is 0 Å². The third-order valence-corrected chi connectivity index (χ3v) is 2.08. The molecular weight excluding hydrogens is 164 g/mol. The SMILES string of the molecule is CNCCCCCCCCNC=O. The Kier molecular flexibility index (Phi) is 10.9. The Balaban J connectivity index is 2.79. The zero-order chi connectivity index (χ0) is 9.78. The van der Waals surface area contributed by atoms with Crippen LogP contribution >= 0.6 is 0 Å². The number of nitrogens with one attached hydrogen (secondary N) is 2. The molecule has 0 saturated heterocycles. The van der Waals surface area contributed by atoms with Crippen molar-refractivity contribution < 1.29 is 4.79 Å². The summed E-state index contributed by atoms with van der Waals surface area (Å²) < 4.78 is 0. The van der Waals surface area contributed by atoms with Gasteiger partial charge in [-0.1, -0.05) is 25.7 Å². The van der Waals surface area contributed by atoms with Crippen LogP contribution in [0.15, 0.2) is 0 Å². The first-order valence-electron chi connectivity index (χ1n) is 5.23. The molecule has 1 amide bonds. The van der Waals surface area contributed by atoms with Crippen LogP contribution in [0.2, 0.25) is 0 Å². The van der Waals surface area contributed by atoms with E-state index in [2.05, 4.69) is 10.6 Å². The van der Waals surface area contributed by atoms with Crippen LogP contribution < -0.4 is 10.6 Å². The molecule has 0 aromatic heterocycles. The first-order valence-corrected chi connectivity index (χ1v) is 5.23. The van der Waals surface area contributed by atoms with Crippen molar-refractivity contribution in [2.24, 2.45) is 0 Å². The van der Waals surface area contributed by atoms with Gasteiger partial charge >= 0.3 is 0 Å². The highest BCUT2D eigenvalue weighted by Gasteiger charge is 1.90. The van der Waals surface area contributed by atoms with Gasteiger partial charge in [0.05, 0.1) is 0 Å². The summed E-state index contributed by atoms with van der Waals surface area (Å²) in [5.41, 5.74) is 0. The molecular formula is C10H22N2O. The second-order valence-corrected chi connectivity index (χ2v) is 3.30. The molecule has 78 valence electrons. The van der Waals surface area contributed by atoms with Crippen LogP contribution in [0.3, 0.4) is 0 Å². The Labute approximate surface area is 81.3 Å². The van der Waals surface area contributed by atoms with Crippen LogP contribution in [0.1, 0.15) is 38.5 Å². The van der Waals surface area contributed by atoms with E-state index in [9.17, 15) is 4.79 Å². The van der Waals surface area contributed by atoms with Gasteiger partial charge in [-0.15, -0.1) is 0 Å². The minimum atomic E-state index is 0.771. The van der Waals surface area contributed by atoms with E-state index < -0.39 is 0 Å². The molecule has 3 heteroatoms. The standard InChI is InChI=1S/C10H22N2O/c1-11-8-6-4-2-3-5-7-9-12-10-13/h10-11H,2-9H2,1H3,(H,12,13). The summed E-state index contributed by atoms with van der Waals surface area (Å²) in [4.78, 5) is 9.89. The third kappa shape index (κ3) is 11.4. The van der Waals surface area contributed by atoms with E-state index in [4.69, 9.17) is 0 Å². The van der Waals surface area contributed by atoms with Crippen molar-refractivity contribution in [3.05, 3.63) is 0 Å². The predicted molar refractivity (Wildman–Crippen MR) is 55.7 cm³/mol. The van der Waals surface area contributed by atoms with E-state index in [1.54, 1.807) is 0 Å². The van der Waals surface area contributed by atoms with Gasteiger partial charge in [0, 0.05) is 6.54 Å². The maximum Gasteiger partial charge on any atom is 0.207 e. The van der Waals surface area contributed by atoms with Crippen molar-refractivity contribution in [2.75, 3.05) is 20.1 Å². The number of hydrogen-bond acceptors (Lipinski definition) is 2. The molecule has 0 radical (unpaired) electrons. The minimum absolute atomic E-state index is 0.771. The van der Waals surface area contributed by atoms with E-state index in [1.807, 2.05) is 7.05 Å². The zero-order valence-corrected chi connectivity index (χ0v) is 8.64. The van der Waals surface area contributed by atoms with Crippen molar-refractivity contribution in [3.8, 4) is 0 Å². The Morgan fingerprint density at radius 2 is 1.46 bits per heavy atom. The van der Waals surface area contributed by atoms with Crippen LogP contribution in [0.5, 0.6) is 0 Å². The maximum absolute atomic E-state index is 9.89. The fourth-order valence-corrected chi connectivity index (χ4v) is 1.29. The van der Waals surface area contributed by atoms with E-state index >= 15 is 0 Å². The first kappa shape index (κ1) is 12.4. The number of unbranched alkanes of at least 4 members (excludes halogenated alkanes) is 5. The van der Waals surface area contributed by atoms with Gasteiger partial charge in [0.2, 0.25) is 6.41 Å². The number of amides is 1. The topological polar surface area (TPSA) is 41.1 Å². The van der Waals surface area contributed by atoms with Crippen LogP contribution in [0, 0.1) is 0 Å². The van der Waals surface area contributed by atoms with Crippen molar-refractivity contribution >= 4 is 6.41 Å². The molecule has 0 unspecified atom stereocenters. The Bertz CT molecular complexity index is 107. The number of carbonyl (C=O) groups excluding carboxylic acids is 1. The lowest BCUT2D eigenvalue weighted by molar-refractivity contribution is -0.109. The second kappa shape index (κ2) is 11.4. The summed E-state index contributed by atoms with van der Waals surface area (Å²) in [6.07, 6.45) is 8.34.